The zero-order valence-electron chi connectivity index (χ0n) is 6.17. The van der Waals surface area contributed by atoms with E-state index in [-0.39, 0.29) is 0 Å². The van der Waals surface area contributed by atoms with Crippen LogP contribution in [0.5, 0.6) is 0 Å². The summed E-state index contributed by atoms with van der Waals surface area (Å²) in [5, 5.41) is 10.9. The minimum Gasteiger partial charge on any atom is -0.255 e. The predicted octanol–water partition coefficient (Wildman–Crippen LogP) is 0.668. The van der Waals surface area contributed by atoms with E-state index in [9.17, 15) is 0 Å². The monoisotopic (exact) mass is 152 g/mol. The molecule has 0 amide bonds. The van der Waals surface area contributed by atoms with Gasteiger partial charge >= 0.3 is 0 Å². The van der Waals surface area contributed by atoms with Crippen molar-refractivity contribution in [3.8, 4) is 0 Å². The Hall–Kier alpha value is -1.55. The highest BCUT2D eigenvalue weighted by Crippen LogP contribution is 1.92. The molecule has 6 nitrogen and oxygen atoms in total. The Balaban J connectivity index is 2.44. The maximum atomic E-state index is 7.97. The molecule has 0 fully saturated rings. The Morgan fingerprint density at radius 1 is 1.82 bits per heavy atom. The van der Waals surface area contributed by atoms with Crippen molar-refractivity contribution in [2.24, 2.45) is 12.2 Å². The number of azide groups is 1. The zero-order valence-corrected chi connectivity index (χ0v) is 6.17. The molecule has 1 aromatic heterocycles. The molecule has 58 valence electrons. The Morgan fingerprint density at radius 3 is 3.18 bits per heavy atom. The van der Waals surface area contributed by atoms with Gasteiger partial charge in [-0.2, -0.15) is 0 Å². The van der Waals surface area contributed by atoms with Gasteiger partial charge in [0.05, 0.1) is 5.69 Å². The Morgan fingerprint density at radius 2 is 2.64 bits per heavy atom. The lowest BCUT2D eigenvalue weighted by Gasteiger charge is -1.84. The third-order valence-corrected chi connectivity index (χ3v) is 1.18. The molecule has 1 heterocycles. The Bertz CT molecular complexity index is 270. The molecule has 0 radical (unpaired) electrons. The summed E-state index contributed by atoms with van der Waals surface area (Å²) in [7, 11) is 1.80. The van der Waals surface area contributed by atoms with Crippen LogP contribution in [0.3, 0.4) is 0 Å². The summed E-state index contributed by atoms with van der Waals surface area (Å²) in [6.45, 7) is 0.440. The number of aryl methyl sites for hydroxylation is 1. The van der Waals surface area contributed by atoms with Crippen LogP contribution >= 0.6 is 0 Å². The number of aromatic nitrogens is 3. The van der Waals surface area contributed by atoms with Crippen LogP contribution in [-0.4, -0.2) is 21.5 Å². The fraction of sp³-hybridized carbons (Fsp3) is 0.600. The number of rotatable bonds is 3. The minimum atomic E-state index is 0.440. The van der Waals surface area contributed by atoms with Gasteiger partial charge in [0, 0.05) is 24.7 Å². The van der Waals surface area contributed by atoms with E-state index in [4.69, 9.17) is 5.53 Å². The molecule has 0 spiro atoms. The molecule has 11 heavy (non-hydrogen) atoms. The first-order valence-corrected chi connectivity index (χ1v) is 3.19. The van der Waals surface area contributed by atoms with Crippen LogP contribution in [-0.2, 0) is 13.5 Å². The second-order valence-corrected chi connectivity index (χ2v) is 2.09. The third-order valence-electron chi connectivity index (χ3n) is 1.18. The lowest BCUT2D eigenvalue weighted by molar-refractivity contribution is 0.713. The highest BCUT2D eigenvalue weighted by molar-refractivity contribution is 4.92. The van der Waals surface area contributed by atoms with Crippen molar-refractivity contribution in [3.05, 3.63) is 22.3 Å². The fourth-order valence-corrected chi connectivity index (χ4v) is 0.719. The molecule has 0 aliphatic heterocycles. The summed E-state index contributed by atoms with van der Waals surface area (Å²) in [6, 6.07) is 0. The van der Waals surface area contributed by atoms with E-state index in [0.29, 0.717) is 13.0 Å². The summed E-state index contributed by atoms with van der Waals surface area (Å²) in [5.41, 5.74) is 8.81. The highest BCUT2D eigenvalue weighted by atomic mass is 15.4. The molecule has 0 bridgehead atoms. The summed E-state index contributed by atoms with van der Waals surface area (Å²) >= 11 is 0. The van der Waals surface area contributed by atoms with E-state index in [0.717, 1.165) is 5.69 Å². The van der Waals surface area contributed by atoms with E-state index in [1.807, 2.05) is 0 Å². The molecule has 1 rings (SSSR count). The summed E-state index contributed by atoms with van der Waals surface area (Å²) in [6.07, 6.45) is 2.45. The standard InChI is InChI=1S/C5H8N6/c1-11-4-5(8-10-11)2-3-7-9-6/h4H,2-3H2,1H3. The molecule has 0 aliphatic rings. The van der Waals surface area contributed by atoms with Crippen molar-refractivity contribution < 1.29 is 0 Å². The SMILES string of the molecule is Cn1cc(CCN=[N+]=[N-])nn1. The van der Waals surface area contributed by atoms with Crippen molar-refractivity contribution in [2.45, 2.75) is 6.42 Å². The van der Waals surface area contributed by atoms with Gasteiger partial charge in [0.25, 0.3) is 0 Å². The molecule has 0 saturated carbocycles. The first kappa shape index (κ1) is 7.56. The van der Waals surface area contributed by atoms with Crippen molar-refractivity contribution in [3.63, 3.8) is 0 Å². The fourth-order valence-electron chi connectivity index (χ4n) is 0.719. The van der Waals surface area contributed by atoms with Crippen LogP contribution in [0.4, 0.5) is 0 Å². The average Bonchev–Trinajstić information content (AvgIpc) is 2.37. The van der Waals surface area contributed by atoms with Crippen LogP contribution in [0.2, 0.25) is 0 Å². The lowest BCUT2D eigenvalue weighted by Crippen LogP contribution is -1.87. The molecule has 6 heteroatoms. The smallest absolute Gasteiger partial charge is 0.0828 e. The second kappa shape index (κ2) is 3.58. The summed E-state index contributed by atoms with van der Waals surface area (Å²) in [4.78, 5) is 2.63. The Labute approximate surface area is 63.5 Å². The Kier molecular flexibility index (Phi) is 2.46. The maximum Gasteiger partial charge on any atom is 0.0828 e. The molecular formula is C5H8N6. The van der Waals surface area contributed by atoms with Crippen molar-refractivity contribution >= 4 is 0 Å². The second-order valence-electron chi connectivity index (χ2n) is 2.09. The average molecular weight is 152 g/mol. The largest absolute Gasteiger partial charge is 0.255 e. The van der Waals surface area contributed by atoms with Gasteiger partial charge < -0.3 is 0 Å². The van der Waals surface area contributed by atoms with E-state index in [1.54, 1.807) is 17.9 Å². The van der Waals surface area contributed by atoms with E-state index < -0.39 is 0 Å². The normalized spacial score (nSPS) is 9.18. The van der Waals surface area contributed by atoms with Gasteiger partial charge in [-0.25, -0.2) is 0 Å². The van der Waals surface area contributed by atoms with E-state index >= 15 is 0 Å². The number of hydrogen-bond acceptors (Lipinski definition) is 3. The molecule has 0 atom stereocenters. The van der Waals surface area contributed by atoms with Gasteiger partial charge in [-0.1, -0.05) is 10.3 Å². The van der Waals surface area contributed by atoms with Gasteiger partial charge in [0.2, 0.25) is 0 Å². The molecular weight excluding hydrogens is 144 g/mol. The molecule has 0 aromatic carbocycles. The predicted molar refractivity (Wildman–Crippen MR) is 38.7 cm³/mol. The first-order valence-electron chi connectivity index (χ1n) is 3.19. The van der Waals surface area contributed by atoms with Gasteiger partial charge in [-0.05, 0) is 12.0 Å². The van der Waals surface area contributed by atoms with Crippen molar-refractivity contribution in [1.29, 1.82) is 0 Å². The van der Waals surface area contributed by atoms with Crippen LogP contribution < -0.4 is 0 Å². The van der Waals surface area contributed by atoms with Gasteiger partial charge in [-0.15, -0.1) is 5.10 Å². The topological polar surface area (TPSA) is 79.5 Å². The summed E-state index contributed by atoms with van der Waals surface area (Å²) in [5.74, 6) is 0. The van der Waals surface area contributed by atoms with Gasteiger partial charge in [0.15, 0.2) is 0 Å². The first-order chi connectivity index (χ1) is 5.33. The minimum absolute atomic E-state index is 0.440. The van der Waals surface area contributed by atoms with Crippen molar-refractivity contribution in [1.82, 2.24) is 15.0 Å². The van der Waals surface area contributed by atoms with Crippen LogP contribution in [0.15, 0.2) is 11.3 Å². The molecule has 1 aromatic rings. The number of hydrogen-bond donors (Lipinski definition) is 0. The molecule has 0 unspecified atom stereocenters. The van der Waals surface area contributed by atoms with Crippen LogP contribution in [0.1, 0.15) is 5.69 Å². The van der Waals surface area contributed by atoms with Gasteiger partial charge in [0.1, 0.15) is 0 Å². The third kappa shape index (κ3) is 2.27. The van der Waals surface area contributed by atoms with Crippen molar-refractivity contribution in [2.75, 3.05) is 6.54 Å². The quantitative estimate of drug-likeness (QED) is 0.362. The summed E-state index contributed by atoms with van der Waals surface area (Å²) < 4.78 is 1.62. The molecule has 0 N–H and O–H groups in total. The van der Waals surface area contributed by atoms with Gasteiger partial charge in [-0.3, -0.25) is 4.68 Å². The lowest BCUT2D eigenvalue weighted by atomic mass is 10.3. The highest BCUT2D eigenvalue weighted by Gasteiger charge is 1.94. The molecule has 0 saturated heterocycles. The van der Waals surface area contributed by atoms with E-state index in [2.05, 4.69) is 20.3 Å². The molecule has 0 aliphatic carbocycles. The number of nitrogens with zero attached hydrogens (tertiary/aromatic N) is 6. The van der Waals surface area contributed by atoms with Crippen LogP contribution in [0, 0.1) is 0 Å². The van der Waals surface area contributed by atoms with Crippen LogP contribution in [0.25, 0.3) is 10.4 Å². The maximum absolute atomic E-state index is 7.97. The van der Waals surface area contributed by atoms with E-state index in [1.165, 1.54) is 0 Å². The zero-order chi connectivity index (χ0) is 8.10.